The highest BCUT2D eigenvalue weighted by Gasteiger charge is 2.25. The van der Waals surface area contributed by atoms with Gasteiger partial charge in [0, 0.05) is 21.0 Å². The molecule has 3 aromatic carbocycles. The fourth-order valence-corrected chi connectivity index (χ4v) is 4.74. The second-order valence-corrected chi connectivity index (χ2v) is 9.31. The van der Waals surface area contributed by atoms with Crippen LogP contribution in [0.2, 0.25) is 0 Å². The number of allylic oxidation sites excluding steroid dienone is 4. The standard InChI is InChI=1S/C30H24BrN/c1-30(18-8-3-9-19-30)25-20-28(23-10-4-2-5-11-23)32-29(21-25)24-16-14-22(15-17-24)26-12-6-7-13-27(26)31/h2-18,20-21H,19H2,1H3. The number of rotatable bonds is 4. The van der Waals surface area contributed by atoms with Crippen LogP contribution in [0, 0.1) is 0 Å². The third-order valence-electron chi connectivity index (χ3n) is 6.17. The molecule has 0 aliphatic heterocycles. The molecule has 0 bridgehead atoms. The first-order valence-electron chi connectivity index (χ1n) is 10.9. The minimum absolute atomic E-state index is 0.0369. The monoisotopic (exact) mass is 477 g/mol. The summed E-state index contributed by atoms with van der Waals surface area (Å²) in [6.45, 7) is 2.30. The molecule has 0 spiro atoms. The van der Waals surface area contributed by atoms with Crippen molar-refractivity contribution >= 4 is 15.9 Å². The Labute approximate surface area is 198 Å². The van der Waals surface area contributed by atoms with Crippen molar-refractivity contribution in [2.75, 3.05) is 0 Å². The predicted molar refractivity (Wildman–Crippen MR) is 138 cm³/mol. The number of hydrogen-bond acceptors (Lipinski definition) is 1. The van der Waals surface area contributed by atoms with Crippen molar-refractivity contribution in [3.8, 4) is 33.6 Å². The van der Waals surface area contributed by atoms with Gasteiger partial charge in [-0.15, -0.1) is 0 Å². The zero-order valence-corrected chi connectivity index (χ0v) is 19.6. The molecule has 1 heterocycles. The topological polar surface area (TPSA) is 12.9 Å². The summed E-state index contributed by atoms with van der Waals surface area (Å²) in [5.41, 5.74) is 7.91. The average Bonchev–Trinajstić information content (AvgIpc) is 2.85. The van der Waals surface area contributed by atoms with Gasteiger partial charge >= 0.3 is 0 Å². The molecule has 0 saturated heterocycles. The highest BCUT2D eigenvalue weighted by Crippen LogP contribution is 2.37. The van der Waals surface area contributed by atoms with Gasteiger partial charge in [-0.3, -0.25) is 0 Å². The largest absolute Gasteiger partial charge is 0.248 e. The Balaban J connectivity index is 1.60. The molecule has 1 unspecified atom stereocenters. The van der Waals surface area contributed by atoms with Crippen molar-refractivity contribution in [1.82, 2.24) is 4.98 Å². The number of aromatic nitrogens is 1. The van der Waals surface area contributed by atoms with Crippen LogP contribution >= 0.6 is 15.9 Å². The Hall–Kier alpha value is -3.23. The van der Waals surface area contributed by atoms with E-state index in [4.69, 9.17) is 4.98 Å². The molecular weight excluding hydrogens is 454 g/mol. The third-order valence-corrected chi connectivity index (χ3v) is 6.86. The fraction of sp³-hybridized carbons (Fsp3) is 0.100. The molecule has 0 N–H and O–H groups in total. The summed E-state index contributed by atoms with van der Waals surface area (Å²) in [5.74, 6) is 0. The molecule has 2 heteroatoms. The summed E-state index contributed by atoms with van der Waals surface area (Å²) in [6.07, 6.45) is 9.81. The van der Waals surface area contributed by atoms with Gasteiger partial charge in [0.25, 0.3) is 0 Å². The maximum absolute atomic E-state index is 5.07. The molecule has 156 valence electrons. The molecule has 4 aromatic rings. The van der Waals surface area contributed by atoms with Crippen LogP contribution in [0.3, 0.4) is 0 Å². The van der Waals surface area contributed by atoms with Crippen molar-refractivity contribution in [1.29, 1.82) is 0 Å². The number of halogens is 1. The summed E-state index contributed by atoms with van der Waals surface area (Å²) >= 11 is 3.67. The summed E-state index contributed by atoms with van der Waals surface area (Å²) in [7, 11) is 0. The van der Waals surface area contributed by atoms with Crippen molar-refractivity contribution in [2.45, 2.75) is 18.8 Å². The predicted octanol–water partition coefficient (Wildman–Crippen LogP) is 8.62. The van der Waals surface area contributed by atoms with Crippen LogP contribution in [0.5, 0.6) is 0 Å². The molecule has 1 atom stereocenters. The van der Waals surface area contributed by atoms with Gasteiger partial charge in [0.2, 0.25) is 0 Å². The van der Waals surface area contributed by atoms with Crippen molar-refractivity contribution in [3.63, 3.8) is 0 Å². The van der Waals surface area contributed by atoms with E-state index < -0.39 is 0 Å². The van der Waals surface area contributed by atoms with Crippen LogP contribution < -0.4 is 0 Å². The van der Waals surface area contributed by atoms with Gasteiger partial charge in [-0.05, 0) is 41.3 Å². The molecule has 0 radical (unpaired) electrons. The van der Waals surface area contributed by atoms with Crippen molar-refractivity contribution in [3.05, 3.63) is 125 Å². The normalized spacial score (nSPS) is 17.4. The lowest BCUT2D eigenvalue weighted by molar-refractivity contribution is 0.599. The highest BCUT2D eigenvalue weighted by molar-refractivity contribution is 9.10. The van der Waals surface area contributed by atoms with Crippen molar-refractivity contribution < 1.29 is 0 Å². The maximum atomic E-state index is 5.07. The Morgan fingerprint density at radius 1 is 0.719 bits per heavy atom. The van der Waals surface area contributed by atoms with E-state index in [2.05, 4.69) is 126 Å². The number of hydrogen-bond donors (Lipinski definition) is 0. The van der Waals surface area contributed by atoms with Gasteiger partial charge in [0.1, 0.15) is 0 Å². The lowest BCUT2D eigenvalue weighted by atomic mass is 9.77. The van der Waals surface area contributed by atoms with E-state index in [1.54, 1.807) is 0 Å². The molecule has 1 nitrogen and oxygen atoms in total. The number of benzene rings is 3. The molecule has 0 saturated carbocycles. The zero-order valence-electron chi connectivity index (χ0n) is 18.0. The molecular formula is C30H24BrN. The molecule has 0 amide bonds. The van der Waals surface area contributed by atoms with E-state index in [-0.39, 0.29) is 5.41 Å². The molecule has 1 aliphatic carbocycles. The first-order valence-corrected chi connectivity index (χ1v) is 11.7. The minimum Gasteiger partial charge on any atom is -0.248 e. The second-order valence-electron chi connectivity index (χ2n) is 8.46. The quantitative estimate of drug-likeness (QED) is 0.286. The number of pyridine rings is 1. The van der Waals surface area contributed by atoms with Crippen LogP contribution in [0.1, 0.15) is 18.9 Å². The smallest absolute Gasteiger partial charge is 0.0712 e. The Morgan fingerprint density at radius 2 is 1.34 bits per heavy atom. The molecule has 1 aliphatic rings. The van der Waals surface area contributed by atoms with Crippen LogP contribution in [0.25, 0.3) is 33.6 Å². The Morgan fingerprint density at radius 3 is 2.00 bits per heavy atom. The van der Waals surface area contributed by atoms with Crippen LogP contribution in [-0.4, -0.2) is 4.98 Å². The fourth-order valence-electron chi connectivity index (χ4n) is 4.22. The van der Waals surface area contributed by atoms with E-state index in [9.17, 15) is 0 Å². The van der Waals surface area contributed by atoms with E-state index in [0.717, 1.165) is 33.4 Å². The van der Waals surface area contributed by atoms with Gasteiger partial charge in [0.15, 0.2) is 0 Å². The van der Waals surface area contributed by atoms with Crippen LogP contribution in [0.4, 0.5) is 0 Å². The minimum atomic E-state index is -0.0369. The van der Waals surface area contributed by atoms with Gasteiger partial charge in [-0.2, -0.15) is 0 Å². The van der Waals surface area contributed by atoms with Gasteiger partial charge in [-0.1, -0.05) is 120 Å². The van der Waals surface area contributed by atoms with Crippen LogP contribution in [0.15, 0.2) is 120 Å². The SMILES string of the molecule is CC1(c2cc(-c3ccccc3)nc(-c3ccc(-c4ccccc4Br)cc3)c2)C=CC=CC1. The van der Waals surface area contributed by atoms with Crippen LogP contribution in [-0.2, 0) is 5.41 Å². The third kappa shape index (κ3) is 4.11. The molecule has 5 rings (SSSR count). The first kappa shape index (κ1) is 20.7. The summed E-state index contributed by atoms with van der Waals surface area (Å²) in [6, 6.07) is 32.0. The molecule has 1 aromatic heterocycles. The van der Waals surface area contributed by atoms with E-state index in [0.29, 0.717) is 0 Å². The summed E-state index contributed by atoms with van der Waals surface area (Å²) < 4.78 is 1.10. The van der Waals surface area contributed by atoms with Gasteiger partial charge < -0.3 is 0 Å². The van der Waals surface area contributed by atoms with E-state index >= 15 is 0 Å². The van der Waals surface area contributed by atoms with Crippen molar-refractivity contribution in [2.24, 2.45) is 0 Å². The van der Waals surface area contributed by atoms with E-state index in [1.165, 1.54) is 16.7 Å². The molecule has 0 fully saturated rings. The summed E-state index contributed by atoms with van der Waals surface area (Å²) in [4.78, 5) is 5.07. The first-order chi connectivity index (χ1) is 15.6. The zero-order chi connectivity index (χ0) is 22.0. The lowest BCUT2D eigenvalue weighted by Crippen LogP contribution is -2.20. The Bertz CT molecular complexity index is 1300. The average molecular weight is 478 g/mol. The second kappa shape index (κ2) is 8.72. The maximum Gasteiger partial charge on any atom is 0.0712 e. The van der Waals surface area contributed by atoms with Gasteiger partial charge in [-0.25, -0.2) is 4.98 Å². The summed E-state index contributed by atoms with van der Waals surface area (Å²) in [5, 5.41) is 0. The van der Waals surface area contributed by atoms with E-state index in [1.807, 2.05) is 12.1 Å². The van der Waals surface area contributed by atoms with Gasteiger partial charge in [0.05, 0.1) is 11.4 Å². The lowest BCUT2D eigenvalue weighted by Gasteiger charge is -2.28. The highest BCUT2D eigenvalue weighted by atomic mass is 79.9. The Kier molecular flexibility index (Phi) is 5.63. The molecule has 32 heavy (non-hydrogen) atoms. The number of nitrogens with zero attached hydrogens (tertiary/aromatic N) is 1.